The molecule has 1 heteroatoms. The van der Waals surface area contributed by atoms with E-state index in [0.717, 1.165) is 23.5 Å². The van der Waals surface area contributed by atoms with Crippen LogP contribution in [-0.2, 0) is 34.5 Å². The molecule has 2 aromatic rings. The number of aryl methyl sites for hydroxylation is 2. The molecule has 1 saturated carbocycles. The predicted molar refractivity (Wildman–Crippen MR) is 176 cm³/mol. The highest BCUT2D eigenvalue weighted by Crippen LogP contribution is 2.49. The lowest BCUT2D eigenvalue weighted by molar-refractivity contribution is 0.422. The smallest absolute Gasteiger partial charge is 0.123 e. The highest BCUT2D eigenvalue weighted by atomic mass is 16.3. The molecule has 1 aliphatic carbocycles. The fourth-order valence-corrected chi connectivity index (χ4v) is 6.26. The first-order valence-electron chi connectivity index (χ1n) is 16.3. The normalized spacial score (nSPS) is 15.1. The number of hydrogen-bond donors (Lipinski definition) is 1. The first kappa shape index (κ1) is 32.8. The molecular weight excluding hydrogens is 484 g/mol. The summed E-state index contributed by atoms with van der Waals surface area (Å²) in [5.74, 6) is 1.29. The molecule has 40 heavy (non-hydrogen) atoms. The van der Waals surface area contributed by atoms with Crippen LogP contribution >= 0.6 is 0 Å². The van der Waals surface area contributed by atoms with Crippen molar-refractivity contribution in [3.63, 3.8) is 0 Å². The molecule has 1 aliphatic rings. The minimum atomic E-state index is -0.0559. The molecule has 0 aromatic heterocycles. The molecule has 0 atom stereocenters. The molecular formula is C39H62O. The summed E-state index contributed by atoms with van der Waals surface area (Å²) >= 11 is 0. The summed E-state index contributed by atoms with van der Waals surface area (Å²) in [6.45, 7) is 27.6. The molecule has 1 nitrogen and oxygen atoms in total. The first-order chi connectivity index (χ1) is 18.3. The van der Waals surface area contributed by atoms with Gasteiger partial charge < -0.3 is 5.11 Å². The van der Waals surface area contributed by atoms with E-state index in [9.17, 15) is 5.11 Å². The minimum absolute atomic E-state index is 0.0559. The molecule has 0 radical (unpaired) electrons. The van der Waals surface area contributed by atoms with Crippen molar-refractivity contribution in [1.82, 2.24) is 0 Å². The minimum Gasteiger partial charge on any atom is -0.507 e. The van der Waals surface area contributed by atoms with Gasteiger partial charge in [-0.2, -0.15) is 0 Å². The van der Waals surface area contributed by atoms with E-state index < -0.39 is 0 Å². The van der Waals surface area contributed by atoms with Crippen LogP contribution in [0.1, 0.15) is 179 Å². The SMILES string of the molecule is CC(C)(C)c1cc(CCCCCCCCc2cc(C(C)(C)C)c(C3CC3)c(C(C)(C)C)c2)cc(C(C)(C)C)c1O. The summed E-state index contributed by atoms with van der Waals surface area (Å²) in [5, 5.41) is 11.0. The number of hydrogen-bond acceptors (Lipinski definition) is 1. The second kappa shape index (κ2) is 12.2. The van der Waals surface area contributed by atoms with E-state index in [0.29, 0.717) is 5.75 Å². The fraction of sp³-hybridized carbons (Fsp3) is 0.692. The molecule has 3 rings (SSSR count). The van der Waals surface area contributed by atoms with Crippen LogP contribution in [0.2, 0.25) is 0 Å². The van der Waals surface area contributed by atoms with Gasteiger partial charge in [0, 0.05) is 0 Å². The summed E-state index contributed by atoms with van der Waals surface area (Å²) in [6, 6.07) is 9.66. The van der Waals surface area contributed by atoms with Gasteiger partial charge >= 0.3 is 0 Å². The van der Waals surface area contributed by atoms with Crippen molar-refractivity contribution >= 4 is 0 Å². The largest absolute Gasteiger partial charge is 0.507 e. The van der Waals surface area contributed by atoms with E-state index in [1.54, 1.807) is 22.3 Å². The number of phenolic OH excluding ortho intramolecular Hbond substituents is 1. The zero-order valence-corrected chi connectivity index (χ0v) is 28.4. The summed E-state index contributed by atoms with van der Waals surface area (Å²) < 4.78 is 0. The lowest BCUT2D eigenvalue weighted by atomic mass is 9.73. The zero-order valence-electron chi connectivity index (χ0n) is 28.4. The van der Waals surface area contributed by atoms with E-state index in [1.807, 2.05) is 0 Å². The number of benzene rings is 2. The molecule has 1 fully saturated rings. The average Bonchev–Trinajstić information content (AvgIpc) is 3.63. The van der Waals surface area contributed by atoms with Crippen molar-refractivity contribution in [3.8, 4) is 5.75 Å². The maximum atomic E-state index is 11.0. The highest BCUT2D eigenvalue weighted by Gasteiger charge is 2.35. The lowest BCUT2D eigenvalue weighted by Gasteiger charge is -2.31. The molecule has 0 spiro atoms. The van der Waals surface area contributed by atoms with E-state index in [4.69, 9.17) is 0 Å². The third-order valence-electron chi connectivity index (χ3n) is 8.81. The van der Waals surface area contributed by atoms with Crippen LogP contribution in [0, 0.1) is 0 Å². The Morgan fingerprint density at radius 1 is 0.500 bits per heavy atom. The summed E-state index contributed by atoms with van der Waals surface area (Å²) in [6.07, 6.45) is 12.8. The van der Waals surface area contributed by atoms with Crippen molar-refractivity contribution in [2.45, 2.75) is 175 Å². The van der Waals surface area contributed by atoms with Gasteiger partial charge in [-0.1, -0.05) is 133 Å². The predicted octanol–water partition coefficient (Wildman–Crippen LogP) is 11.6. The van der Waals surface area contributed by atoms with Gasteiger partial charge in [0.15, 0.2) is 0 Å². The van der Waals surface area contributed by atoms with Crippen LogP contribution < -0.4 is 0 Å². The third-order valence-corrected chi connectivity index (χ3v) is 8.81. The molecule has 1 N–H and O–H groups in total. The van der Waals surface area contributed by atoms with Crippen molar-refractivity contribution in [2.24, 2.45) is 0 Å². The maximum absolute atomic E-state index is 11.0. The molecule has 0 unspecified atom stereocenters. The second-order valence-corrected chi connectivity index (χ2v) is 17.0. The average molecular weight is 547 g/mol. The van der Waals surface area contributed by atoms with E-state index >= 15 is 0 Å². The van der Waals surface area contributed by atoms with Crippen LogP contribution in [0.3, 0.4) is 0 Å². The quantitative estimate of drug-likeness (QED) is 0.294. The molecule has 2 aromatic carbocycles. The highest BCUT2D eigenvalue weighted by molar-refractivity contribution is 5.50. The number of rotatable bonds is 10. The fourth-order valence-electron chi connectivity index (χ4n) is 6.26. The van der Waals surface area contributed by atoms with Gasteiger partial charge in [-0.05, 0) is 105 Å². The number of phenols is 1. The summed E-state index contributed by atoms with van der Waals surface area (Å²) in [7, 11) is 0. The third kappa shape index (κ3) is 8.62. The molecule has 0 bridgehead atoms. The Morgan fingerprint density at radius 3 is 1.10 bits per heavy atom. The Balaban J connectivity index is 1.54. The molecule has 224 valence electrons. The Hall–Kier alpha value is -1.76. The Labute approximate surface area is 248 Å². The van der Waals surface area contributed by atoms with Crippen LogP contribution in [-0.4, -0.2) is 5.11 Å². The molecule has 0 amide bonds. The van der Waals surface area contributed by atoms with Gasteiger partial charge in [0.1, 0.15) is 5.75 Å². The Morgan fingerprint density at radius 2 is 0.800 bits per heavy atom. The Kier molecular flexibility index (Phi) is 10.0. The van der Waals surface area contributed by atoms with Crippen LogP contribution in [0.5, 0.6) is 5.75 Å². The lowest BCUT2D eigenvalue weighted by Crippen LogP contribution is -2.21. The van der Waals surface area contributed by atoms with Crippen molar-refractivity contribution in [2.75, 3.05) is 0 Å². The van der Waals surface area contributed by atoms with E-state index in [1.165, 1.54) is 63.4 Å². The molecule has 0 heterocycles. The number of aromatic hydroxyl groups is 1. The first-order valence-corrected chi connectivity index (χ1v) is 16.3. The van der Waals surface area contributed by atoms with Gasteiger partial charge in [-0.25, -0.2) is 0 Å². The van der Waals surface area contributed by atoms with Crippen LogP contribution in [0.15, 0.2) is 24.3 Å². The summed E-state index contributed by atoms with van der Waals surface area (Å²) in [4.78, 5) is 0. The monoisotopic (exact) mass is 546 g/mol. The zero-order chi connectivity index (χ0) is 30.1. The standard InChI is InChI=1S/C39H62O/c1-36(2,3)30-23-27(24-31(37(4,5)6)34(30)29-21-22-29)19-17-15-13-14-16-18-20-28-25-32(38(7,8)9)35(40)33(26-28)39(10,11)12/h23-26,29,40H,13-22H2,1-12H3. The second-order valence-electron chi connectivity index (χ2n) is 17.0. The maximum Gasteiger partial charge on any atom is 0.123 e. The molecule has 0 saturated heterocycles. The van der Waals surface area contributed by atoms with Crippen molar-refractivity contribution in [1.29, 1.82) is 0 Å². The van der Waals surface area contributed by atoms with Gasteiger partial charge in [-0.15, -0.1) is 0 Å². The Bertz CT molecular complexity index is 1060. The van der Waals surface area contributed by atoms with Crippen LogP contribution in [0.4, 0.5) is 0 Å². The number of unbranched alkanes of at least 4 members (excludes halogenated alkanes) is 5. The van der Waals surface area contributed by atoms with Gasteiger partial charge in [0.05, 0.1) is 0 Å². The van der Waals surface area contributed by atoms with E-state index in [-0.39, 0.29) is 21.7 Å². The van der Waals surface area contributed by atoms with Gasteiger partial charge in [0.2, 0.25) is 0 Å². The topological polar surface area (TPSA) is 20.2 Å². The summed E-state index contributed by atoms with van der Waals surface area (Å²) in [5.41, 5.74) is 10.3. The van der Waals surface area contributed by atoms with Gasteiger partial charge in [0.25, 0.3) is 0 Å². The van der Waals surface area contributed by atoms with Crippen molar-refractivity contribution in [3.05, 3.63) is 63.2 Å². The molecule has 0 aliphatic heterocycles. The van der Waals surface area contributed by atoms with E-state index in [2.05, 4.69) is 107 Å². The van der Waals surface area contributed by atoms with Crippen molar-refractivity contribution < 1.29 is 5.11 Å². The van der Waals surface area contributed by atoms with Crippen LogP contribution in [0.25, 0.3) is 0 Å². The van der Waals surface area contributed by atoms with Gasteiger partial charge in [-0.3, -0.25) is 0 Å².